The number of anilines is 1. The molecule has 2 rings (SSSR count). The van der Waals surface area contributed by atoms with Gasteiger partial charge < -0.3 is 15.4 Å². The van der Waals surface area contributed by atoms with Crippen LogP contribution in [0.3, 0.4) is 0 Å². The molecule has 0 aliphatic heterocycles. The summed E-state index contributed by atoms with van der Waals surface area (Å²) in [6.45, 7) is 1.01. The summed E-state index contributed by atoms with van der Waals surface area (Å²) in [7, 11) is 1.61. The van der Waals surface area contributed by atoms with E-state index in [1.54, 1.807) is 18.4 Å². The Bertz CT molecular complexity index is 509. The number of rotatable bonds is 6. The van der Waals surface area contributed by atoms with Crippen LogP contribution in [0.15, 0.2) is 41.8 Å². The van der Waals surface area contributed by atoms with Crippen LogP contribution in [-0.4, -0.2) is 19.6 Å². The van der Waals surface area contributed by atoms with Gasteiger partial charge in [-0.3, -0.25) is 4.79 Å². The number of amides is 1. The highest BCUT2D eigenvalue weighted by Gasteiger charge is 2.02. The molecule has 0 unspecified atom stereocenters. The van der Waals surface area contributed by atoms with Crippen molar-refractivity contribution in [3.05, 3.63) is 46.7 Å². The fourth-order valence-electron chi connectivity index (χ4n) is 1.59. The van der Waals surface area contributed by atoms with Crippen molar-refractivity contribution in [3.63, 3.8) is 0 Å². The van der Waals surface area contributed by atoms with Gasteiger partial charge in [0.05, 0.1) is 13.7 Å². The molecule has 2 N–H and O–H groups in total. The number of carbonyl (C=O) groups excluding carboxylic acids is 1. The number of hydrogen-bond acceptors (Lipinski definition) is 4. The third-order valence-electron chi connectivity index (χ3n) is 2.54. The van der Waals surface area contributed by atoms with Crippen molar-refractivity contribution in [3.8, 4) is 5.75 Å². The Morgan fingerprint density at radius 2 is 2.05 bits per heavy atom. The molecule has 0 saturated carbocycles. The minimum atomic E-state index is -0.0540. The molecular weight excluding hydrogens is 260 g/mol. The first-order valence-corrected chi connectivity index (χ1v) is 6.83. The van der Waals surface area contributed by atoms with E-state index >= 15 is 0 Å². The van der Waals surface area contributed by atoms with Crippen molar-refractivity contribution in [2.24, 2.45) is 0 Å². The topological polar surface area (TPSA) is 50.4 Å². The van der Waals surface area contributed by atoms with E-state index in [4.69, 9.17) is 4.74 Å². The summed E-state index contributed by atoms with van der Waals surface area (Å²) in [4.78, 5) is 12.9. The lowest BCUT2D eigenvalue weighted by Gasteiger charge is -2.07. The second-order valence-corrected chi connectivity index (χ2v) is 4.99. The molecule has 0 fully saturated rings. The van der Waals surface area contributed by atoms with E-state index in [-0.39, 0.29) is 5.91 Å². The number of benzene rings is 1. The molecule has 4 nitrogen and oxygen atoms in total. The number of thiophene rings is 1. The molecule has 0 aliphatic rings. The molecule has 19 heavy (non-hydrogen) atoms. The number of carbonyl (C=O) groups is 1. The van der Waals surface area contributed by atoms with Gasteiger partial charge in [-0.05, 0) is 35.7 Å². The van der Waals surface area contributed by atoms with E-state index in [2.05, 4.69) is 10.6 Å². The van der Waals surface area contributed by atoms with Gasteiger partial charge >= 0.3 is 0 Å². The Balaban J connectivity index is 1.74. The third kappa shape index (κ3) is 4.39. The molecule has 0 aliphatic carbocycles. The second-order valence-electron chi connectivity index (χ2n) is 3.96. The zero-order chi connectivity index (χ0) is 13.5. The SMILES string of the molecule is COc1ccc(NC(=O)CNCc2cccs2)cc1. The van der Waals surface area contributed by atoms with Crippen molar-refractivity contribution in [1.82, 2.24) is 5.32 Å². The molecule has 0 atom stereocenters. The second kappa shape index (κ2) is 6.92. The monoisotopic (exact) mass is 276 g/mol. The zero-order valence-corrected chi connectivity index (χ0v) is 11.5. The molecule has 1 aromatic carbocycles. The fraction of sp³-hybridized carbons (Fsp3) is 0.214. The smallest absolute Gasteiger partial charge is 0.238 e. The average molecular weight is 276 g/mol. The predicted octanol–water partition coefficient (Wildman–Crippen LogP) is 2.49. The highest BCUT2D eigenvalue weighted by Crippen LogP contribution is 2.14. The minimum Gasteiger partial charge on any atom is -0.497 e. The van der Waals surface area contributed by atoms with Crippen LogP contribution in [0.25, 0.3) is 0 Å². The van der Waals surface area contributed by atoms with Gasteiger partial charge in [-0.1, -0.05) is 6.07 Å². The summed E-state index contributed by atoms with van der Waals surface area (Å²) < 4.78 is 5.06. The summed E-state index contributed by atoms with van der Waals surface area (Å²) in [6.07, 6.45) is 0. The van der Waals surface area contributed by atoms with Crippen molar-refractivity contribution in [2.75, 3.05) is 19.0 Å². The van der Waals surface area contributed by atoms with E-state index in [1.807, 2.05) is 41.8 Å². The first-order valence-electron chi connectivity index (χ1n) is 5.95. The predicted molar refractivity (Wildman–Crippen MR) is 77.6 cm³/mol. The summed E-state index contributed by atoms with van der Waals surface area (Å²) in [5.74, 6) is 0.718. The van der Waals surface area contributed by atoms with Crippen LogP contribution in [0.5, 0.6) is 5.75 Å². The van der Waals surface area contributed by atoms with E-state index in [0.29, 0.717) is 13.1 Å². The van der Waals surface area contributed by atoms with Crippen LogP contribution >= 0.6 is 11.3 Å². The van der Waals surface area contributed by atoms with Gasteiger partial charge in [0, 0.05) is 17.1 Å². The summed E-state index contributed by atoms with van der Waals surface area (Å²) in [5.41, 5.74) is 0.767. The van der Waals surface area contributed by atoms with Gasteiger partial charge in [0.1, 0.15) is 5.75 Å². The summed E-state index contributed by atoms with van der Waals surface area (Å²) in [5, 5.41) is 7.95. The van der Waals surface area contributed by atoms with Crippen LogP contribution in [0.2, 0.25) is 0 Å². The van der Waals surface area contributed by atoms with Crippen LogP contribution in [-0.2, 0) is 11.3 Å². The molecule has 1 amide bonds. The number of methoxy groups -OCH3 is 1. The quantitative estimate of drug-likeness (QED) is 0.852. The molecule has 1 aromatic heterocycles. The molecule has 0 spiro atoms. The van der Waals surface area contributed by atoms with Crippen molar-refractivity contribution >= 4 is 22.9 Å². The molecule has 2 aromatic rings. The summed E-state index contributed by atoms with van der Waals surface area (Å²) >= 11 is 1.67. The lowest BCUT2D eigenvalue weighted by molar-refractivity contribution is -0.115. The Kier molecular flexibility index (Phi) is 4.94. The van der Waals surface area contributed by atoms with Gasteiger partial charge in [0.15, 0.2) is 0 Å². The van der Waals surface area contributed by atoms with Crippen LogP contribution in [0.4, 0.5) is 5.69 Å². The molecule has 0 saturated heterocycles. The first-order chi connectivity index (χ1) is 9.28. The normalized spacial score (nSPS) is 10.2. The highest BCUT2D eigenvalue weighted by atomic mass is 32.1. The first kappa shape index (κ1) is 13.6. The Labute approximate surface area is 116 Å². The van der Waals surface area contributed by atoms with E-state index < -0.39 is 0 Å². The van der Waals surface area contributed by atoms with E-state index in [9.17, 15) is 4.79 Å². The number of ether oxygens (including phenoxy) is 1. The van der Waals surface area contributed by atoms with Crippen LogP contribution in [0.1, 0.15) is 4.88 Å². The lowest BCUT2D eigenvalue weighted by Crippen LogP contribution is -2.27. The maximum absolute atomic E-state index is 11.7. The van der Waals surface area contributed by atoms with Gasteiger partial charge in [-0.15, -0.1) is 11.3 Å². The molecule has 0 radical (unpaired) electrons. The minimum absolute atomic E-state index is 0.0540. The van der Waals surface area contributed by atoms with Crippen molar-refractivity contribution < 1.29 is 9.53 Å². The molecule has 100 valence electrons. The summed E-state index contributed by atoms with van der Waals surface area (Å²) in [6, 6.07) is 11.3. The molecule has 5 heteroatoms. The zero-order valence-electron chi connectivity index (χ0n) is 10.7. The maximum Gasteiger partial charge on any atom is 0.238 e. The van der Waals surface area contributed by atoms with Gasteiger partial charge in [-0.2, -0.15) is 0 Å². The molecule has 1 heterocycles. The Morgan fingerprint density at radius 3 is 2.68 bits per heavy atom. The number of nitrogens with one attached hydrogen (secondary N) is 2. The largest absolute Gasteiger partial charge is 0.497 e. The van der Waals surface area contributed by atoms with E-state index in [1.165, 1.54) is 4.88 Å². The lowest BCUT2D eigenvalue weighted by atomic mass is 10.3. The Morgan fingerprint density at radius 1 is 1.26 bits per heavy atom. The number of hydrogen-bond donors (Lipinski definition) is 2. The maximum atomic E-state index is 11.7. The van der Waals surface area contributed by atoms with Gasteiger partial charge in [0.2, 0.25) is 5.91 Å². The average Bonchev–Trinajstić information content (AvgIpc) is 2.93. The molecular formula is C14H16N2O2S. The highest BCUT2D eigenvalue weighted by molar-refractivity contribution is 7.09. The van der Waals surface area contributed by atoms with E-state index in [0.717, 1.165) is 11.4 Å². The van der Waals surface area contributed by atoms with Gasteiger partial charge in [0.25, 0.3) is 0 Å². The van der Waals surface area contributed by atoms with Gasteiger partial charge in [-0.25, -0.2) is 0 Å². The fourth-order valence-corrected chi connectivity index (χ4v) is 2.27. The van der Waals surface area contributed by atoms with Crippen LogP contribution < -0.4 is 15.4 Å². The Hall–Kier alpha value is -1.85. The van der Waals surface area contributed by atoms with Crippen molar-refractivity contribution in [1.29, 1.82) is 0 Å². The molecule has 0 bridgehead atoms. The standard InChI is InChI=1S/C14H16N2O2S/c1-18-12-6-4-11(5-7-12)16-14(17)10-15-9-13-3-2-8-19-13/h2-8,15H,9-10H2,1H3,(H,16,17). The third-order valence-corrected chi connectivity index (χ3v) is 3.42. The van der Waals surface area contributed by atoms with Crippen LogP contribution in [0, 0.1) is 0 Å². The van der Waals surface area contributed by atoms with Crippen molar-refractivity contribution in [2.45, 2.75) is 6.54 Å².